The maximum absolute atomic E-state index is 12.2. The number of hydrogen-bond donors (Lipinski definition) is 2. The number of ether oxygens (including phenoxy) is 2. The summed E-state index contributed by atoms with van der Waals surface area (Å²) in [6.07, 6.45) is 0.949. The number of hydrogen-bond acceptors (Lipinski definition) is 4. The number of benzene rings is 2. The third-order valence-electron chi connectivity index (χ3n) is 3.93. The standard InChI is InChI=1S/C20H26N2O3/c1-14(21)11-20(23)22-17(16-7-5-4-6-8-16)12-15-9-10-18(24-2)19(13-15)25-3/h4-10,13-14,17H,11-12,21H2,1-3H3,(H,22,23). The van der Waals surface area contributed by atoms with Crippen LogP contribution in [0.5, 0.6) is 11.5 Å². The zero-order valence-electron chi connectivity index (χ0n) is 15.0. The molecule has 2 aromatic rings. The molecule has 25 heavy (non-hydrogen) atoms. The van der Waals surface area contributed by atoms with E-state index in [0.29, 0.717) is 24.3 Å². The van der Waals surface area contributed by atoms with Gasteiger partial charge in [0.15, 0.2) is 11.5 Å². The van der Waals surface area contributed by atoms with Gasteiger partial charge in [0, 0.05) is 12.5 Å². The maximum Gasteiger partial charge on any atom is 0.222 e. The van der Waals surface area contributed by atoms with Crippen LogP contribution in [-0.2, 0) is 11.2 Å². The highest BCUT2D eigenvalue weighted by Crippen LogP contribution is 2.29. The van der Waals surface area contributed by atoms with Crippen LogP contribution in [0.1, 0.15) is 30.5 Å². The molecule has 0 aliphatic carbocycles. The number of carbonyl (C=O) groups is 1. The lowest BCUT2D eigenvalue weighted by Crippen LogP contribution is -2.33. The van der Waals surface area contributed by atoms with Crippen molar-refractivity contribution in [2.75, 3.05) is 14.2 Å². The fourth-order valence-electron chi connectivity index (χ4n) is 2.73. The zero-order valence-corrected chi connectivity index (χ0v) is 15.0. The van der Waals surface area contributed by atoms with E-state index in [1.165, 1.54) is 0 Å². The second-order valence-corrected chi connectivity index (χ2v) is 6.11. The van der Waals surface area contributed by atoms with Gasteiger partial charge in [-0.05, 0) is 36.6 Å². The van der Waals surface area contributed by atoms with Crippen LogP contribution in [0.25, 0.3) is 0 Å². The largest absolute Gasteiger partial charge is 0.493 e. The summed E-state index contributed by atoms with van der Waals surface area (Å²) in [5, 5.41) is 3.09. The quantitative estimate of drug-likeness (QED) is 0.774. The minimum atomic E-state index is -0.169. The predicted octanol–water partition coefficient (Wildman–Crippen LogP) is 2.84. The molecule has 134 valence electrons. The van der Waals surface area contributed by atoms with Crippen molar-refractivity contribution >= 4 is 5.91 Å². The number of rotatable bonds is 8. The molecule has 2 rings (SSSR count). The van der Waals surface area contributed by atoms with E-state index in [1.54, 1.807) is 14.2 Å². The Morgan fingerprint density at radius 1 is 1.08 bits per heavy atom. The molecule has 0 spiro atoms. The minimum absolute atomic E-state index is 0.0515. The number of nitrogens with two attached hydrogens (primary N) is 1. The van der Waals surface area contributed by atoms with Gasteiger partial charge < -0.3 is 20.5 Å². The maximum atomic E-state index is 12.2. The summed E-state index contributed by atoms with van der Waals surface area (Å²) in [7, 11) is 3.22. The summed E-state index contributed by atoms with van der Waals surface area (Å²) < 4.78 is 10.6. The van der Waals surface area contributed by atoms with Crippen molar-refractivity contribution in [1.82, 2.24) is 5.32 Å². The highest BCUT2D eigenvalue weighted by Gasteiger charge is 2.17. The molecule has 1 amide bonds. The molecular weight excluding hydrogens is 316 g/mol. The van der Waals surface area contributed by atoms with Crippen LogP contribution in [0.4, 0.5) is 0 Å². The molecule has 0 saturated carbocycles. The van der Waals surface area contributed by atoms with Gasteiger partial charge in [-0.25, -0.2) is 0 Å². The van der Waals surface area contributed by atoms with Crippen LogP contribution in [-0.4, -0.2) is 26.2 Å². The van der Waals surface area contributed by atoms with Crippen molar-refractivity contribution in [1.29, 1.82) is 0 Å². The lowest BCUT2D eigenvalue weighted by atomic mass is 9.98. The molecule has 3 N–H and O–H groups in total. The Bertz CT molecular complexity index is 687. The van der Waals surface area contributed by atoms with E-state index in [-0.39, 0.29) is 18.0 Å². The van der Waals surface area contributed by atoms with E-state index < -0.39 is 0 Å². The molecule has 0 aliphatic heterocycles. The Labute approximate surface area is 149 Å². The van der Waals surface area contributed by atoms with Gasteiger partial charge in [-0.1, -0.05) is 36.4 Å². The van der Waals surface area contributed by atoms with Gasteiger partial charge in [-0.2, -0.15) is 0 Å². The summed E-state index contributed by atoms with van der Waals surface area (Å²) in [6.45, 7) is 1.82. The van der Waals surface area contributed by atoms with E-state index in [0.717, 1.165) is 11.1 Å². The molecule has 0 radical (unpaired) electrons. The normalized spacial score (nSPS) is 13.0. The smallest absolute Gasteiger partial charge is 0.222 e. The first kappa shape index (κ1) is 18.8. The van der Waals surface area contributed by atoms with Crippen LogP contribution >= 0.6 is 0 Å². The van der Waals surface area contributed by atoms with Crippen molar-refractivity contribution in [3.05, 3.63) is 59.7 Å². The van der Waals surface area contributed by atoms with Crippen molar-refractivity contribution in [3.8, 4) is 11.5 Å². The Kier molecular flexibility index (Phi) is 6.83. The minimum Gasteiger partial charge on any atom is -0.493 e. The van der Waals surface area contributed by atoms with Crippen LogP contribution in [0.2, 0.25) is 0 Å². The highest BCUT2D eigenvalue weighted by atomic mass is 16.5. The number of carbonyl (C=O) groups excluding carboxylic acids is 1. The summed E-state index contributed by atoms with van der Waals surface area (Å²) in [5.74, 6) is 1.31. The van der Waals surface area contributed by atoms with Gasteiger partial charge in [0.1, 0.15) is 0 Å². The van der Waals surface area contributed by atoms with Gasteiger partial charge in [0.25, 0.3) is 0 Å². The predicted molar refractivity (Wildman–Crippen MR) is 98.8 cm³/mol. The van der Waals surface area contributed by atoms with Crippen LogP contribution in [0.15, 0.2) is 48.5 Å². The van der Waals surface area contributed by atoms with Gasteiger partial charge in [-0.3, -0.25) is 4.79 Å². The van der Waals surface area contributed by atoms with Crippen molar-refractivity contribution in [2.45, 2.75) is 31.8 Å². The second kappa shape index (κ2) is 9.08. The molecular formula is C20H26N2O3. The fraction of sp³-hybridized carbons (Fsp3) is 0.350. The second-order valence-electron chi connectivity index (χ2n) is 6.11. The van der Waals surface area contributed by atoms with Crippen LogP contribution in [0, 0.1) is 0 Å². The van der Waals surface area contributed by atoms with Gasteiger partial charge >= 0.3 is 0 Å². The van der Waals surface area contributed by atoms with Crippen LogP contribution in [0.3, 0.4) is 0 Å². The lowest BCUT2D eigenvalue weighted by Gasteiger charge is -2.21. The van der Waals surface area contributed by atoms with Crippen LogP contribution < -0.4 is 20.5 Å². The molecule has 5 nitrogen and oxygen atoms in total. The first-order chi connectivity index (χ1) is 12.0. The third kappa shape index (κ3) is 5.50. The molecule has 5 heteroatoms. The monoisotopic (exact) mass is 342 g/mol. The highest BCUT2D eigenvalue weighted by molar-refractivity contribution is 5.77. The number of methoxy groups -OCH3 is 2. The van der Waals surface area contributed by atoms with E-state index in [2.05, 4.69) is 5.32 Å². The van der Waals surface area contributed by atoms with Crippen molar-refractivity contribution in [3.63, 3.8) is 0 Å². The Hall–Kier alpha value is -2.53. The number of nitrogens with one attached hydrogen (secondary N) is 1. The van der Waals surface area contributed by atoms with Crippen molar-refractivity contribution in [2.24, 2.45) is 5.73 Å². The van der Waals surface area contributed by atoms with E-state index in [1.807, 2.05) is 55.5 Å². The van der Waals surface area contributed by atoms with Gasteiger partial charge in [-0.15, -0.1) is 0 Å². The molecule has 0 aromatic heterocycles. The summed E-state index contributed by atoms with van der Waals surface area (Å²) in [5.41, 5.74) is 7.84. The SMILES string of the molecule is COc1ccc(CC(NC(=O)CC(C)N)c2ccccc2)cc1OC. The molecule has 2 atom stereocenters. The van der Waals surface area contributed by atoms with E-state index in [4.69, 9.17) is 15.2 Å². The fourth-order valence-corrected chi connectivity index (χ4v) is 2.73. The molecule has 2 unspecified atom stereocenters. The molecule has 0 aliphatic rings. The Balaban J connectivity index is 2.22. The number of amides is 1. The summed E-state index contributed by atoms with van der Waals surface area (Å²) in [6, 6.07) is 15.4. The zero-order chi connectivity index (χ0) is 18.2. The average molecular weight is 342 g/mol. The van der Waals surface area contributed by atoms with E-state index in [9.17, 15) is 4.79 Å². The summed E-state index contributed by atoms with van der Waals surface area (Å²) >= 11 is 0. The lowest BCUT2D eigenvalue weighted by molar-refractivity contribution is -0.122. The average Bonchev–Trinajstić information content (AvgIpc) is 2.61. The molecule has 0 saturated heterocycles. The summed E-state index contributed by atoms with van der Waals surface area (Å²) in [4.78, 5) is 12.2. The first-order valence-corrected chi connectivity index (χ1v) is 8.34. The topological polar surface area (TPSA) is 73.6 Å². The molecule has 2 aromatic carbocycles. The first-order valence-electron chi connectivity index (χ1n) is 8.34. The van der Waals surface area contributed by atoms with E-state index >= 15 is 0 Å². The molecule has 0 fully saturated rings. The van der Waals surface area contributed by atoms with Crippen molar-refractivity contribution < 1.29 is 14.3 Å². The Morgan fingerprint density at radius 2 is 1.76 bits per heavy atom. The molecule has 0 bridgehead atoms. The Morgan fingerprint density at radius 3 is 2.36 bits per heavy atom. The van der Waals surface area contributed by atoms with Gasteiger partial charge in [0.2, 0.25) is 5.91 Å². The van der Waals surface area contributed by atoms with Gasteiger partial charge in [0.05, 0.1) is 20.3 Å². The third-order valence-corrected chi connectivity index (χ3v) is 3.93. The molecule has 0 heterocycles.